The van der Waals surface area contributed by atoms with Gasteiger partial charge in [-0.05, 0) is 31.7 Å². The fourth-order valence-electron chi connectivity index (χ4n) is 3.30. The van der Waals surface area contributed by atoms with E-state index in [9.17, 15) is 18.0 Å². The van der Waals surface area contributed by atoms with Crippen LogP contribution in [0.15, 0.2) is 12.3 Å². The Labute approximate surface area is 169 Å². The topological polar surface area (TPSA) is 50.9 Å². The van der Waals surface area contributed by atoms with E-state index in [-0.39, 0.29) is 17.0 Å². The number of piperazine rings is 1. The Morgan fingerprint density at radius 2 is 1.93 bits per heavy atom. The number of nitrogens with one attached hydrogen (secondary N) is 3. The third kappa shape index (κ3) is 6.81. The van der Waals surface area contributed by atoms with Crippen molar-refractivity contribution in [1.29, 1.82) is 0 Å². The van der Waals surface area contributed by atoms with Crippen molar-refractivity contribution in [3.8, 4) is 0 Å². The number of hydrogen-bond donors (Lipinski definition) is 2. The number of halogens is 4. The maximum atomic E-state index is 12.8. The Morgan fingerprint density at radius 3 is 2.46 bits per heavy atom. The Morgan fingerprint density at radius 1 is 1.29 bits per heavy atom. The van der Waals surface area contributed by atoms with Gasteiger partial charge in [0.25, 0.3) is 11.7 Å². The average Bonchev–Trinajstić information content (AvgIpc) is 2.60. The molecule has 0 saturated carbocycles. The highest BCUT2D eigenvalue weighted by atomic mass is 35.5. The van der Waals surface area contributed by atoms with Crippen molar-refractivity contribution in [2.75, 3.05) is 37.6 Å². The predicted molar refractivity (Wildman–Crippen MR) is 102 cm³/mol. The Kier molecular flexibility index (Phi) is 7.95. The van der Waals surface area contributed by atoms with Gasteiger partial charge in [-0.15, -0.1) is 0 Å². The SMILES string of the molecule is CC(C)CC[C@@H](C)NC(=O)C[NH+]1CCN(c2[nH+]cc(C(F)(F)F)cc2Cl)CC1. The van der Waals surface area contributed by atoms with Crippen LogP contribution in [0.1, 0.15) is 39.2 Å². The molecule has 1 aliphatic heterocycles. The number of alkyl halides is 3. The molecule has 1 amide bonds. The summed E-state index contributed by atoms with van der Waals surface area (Å²) in [5.41, 5.74) is -0.797. The number of hydrogen-bond acceptors (Lipinski definition) is 2. The molecule has 2 rings (SSSR count). The fourth-order valence-corrected chi connectivity index (χ4v) is 3.59. The van der Waals surface area contributed by atoms with E-state index in [0.29, 0.717) is 31.4 Å². The number of quaternary nitrogens is 1. The number of carbonyl (C=O) groups is 1. The second-order valence-corrected chi connectivity index (χ2v) is 8.34. The lowest BCUT2D eigenvalue weighted by Crippen LogP contribution is -3.16. The molecule has 5 nitrogen and oxygen atoms in total. The number of amides is 1. The van der Waals surface area contributed by atoms with E-state index in [4.69, 9.17) is 11.6 Å². The summed E-state index contributed by atoms with van der Waals surface area (Å²) in [5, 5.41) is 3.10. The van der Waals surface area contributed by atoms with Gasteiger partial charge in [-0.1, -0.05) is 25.4 Å². The Bertz CT molecular complexity index is 661. The van der Waals surface area contributed by atoms with Crippen LogP contribution >= 0.6 is 11.6 Å². The molecule has 2 heterocycles. The highest BCUT2D eigenvalue weighted by Gasteiger charge is 2.35. The first kappa shape index (κ1) is 22.7. The molecular weight excluding hydrogens is 393 g/mol. The Hall–Kier alpha value is -1.54. The third-order valence-corrected chi connectivity index (χ3v) is 5.27. The van der Waals surface area contributed by atoms with Crippen molar-refractivity contribution >= 4 is 23.3 Å². The van der Waals surface area contributed by atoms with Crippen LogP contribution in [-0.2, 0) is 11.0 Å². The quantitative estimate of drug-likeness (QED) is 0.704. The van der Waals surface area contributed by atoms with Gasteiger partial charge < -0.3 is 10.2 Å². The van der Waals surface area contributed by atoms with E-state index < -0.39 is 11.7 Å². The summed E-state index contributed by atoms with van der Waals surface area (Å²) < 4.78 is 38.3. The first-order valence-electron chi connectivity index (χ1n) is 9.72. The van der Waals surface area contributed by atoms with Crippen LogP contribution in [0.3, 0.4) is 0 Å². The van der Waals surface area contributed by atoms with Crippen LogP contribution in [-0.4, -0.2) is 44.7 Å². The first-order valence-corrected chi connectivity index (χ1v) is 10.1. The first-order chi connectivity index (χ1) is 13.1. The lowest BCUT2D eigenvalue weighted by atomic mass is 10.0. The van der Waals surface area contributed by atoms with E-state index >= 15 is 0 Å². The maximum absolute atomic E-state index is 12.8. The number of rotatable bonds is 7. The van der Waals surface area contributed by atoms with Gasteiger partial charge in [0.2, 0.25) is 0 Å². The smallest absolute Gasteiger partial charge is 0.349 e. The van der Waals surface area contributed by atoms with Crippen LogP contribution < -0.4 is 20.1 Å². The van der Waals surface area contributed by atoms with Crippen molar-refractivity contribution in [3.63, 3.8) is 0 Å². The number of H-pyrrole nitrogens is 1. The summed E-state index contributed by atoms with van der Waals surface area (Å²) in [7, 11) is 0. The van der Waals surface area contributed by atoms with Crippen molar-refractivity contribution < 1.29 is 27.8 Å². The number of pyridine rings is 1. The minimum Gasteiger partial charge on any atom is -0.349 e. The number of nitrogens with zero attached hydrogens (tertiary/aromatic N) is 1. The van der Waals surface area contributed by atoms with Crippen LogP contribution in [0.2, 0.25) is 5.02 Å². The minimum absolute atomic E-state index is 0.0406. The van der Waals surface area contributed by atoms with Gasteiger partial charge in [0.05, 0.1) is 5.56 Å². The predicted octanol–water partition coefficient (Wildman–Crippen LogP) is 1.82. The number of carbonyl (C=O) groups excluding carboxylic acids is 1. The normalized spacial score (nSPS) is 17.1. The molecule has 1 atom stereocenters. The molecule has 0 aromatic carbocycles. The molecule has 1 aromatic rings. The average molecular weight is 423 g/mol. The van der Waals surface area contributed by atoms with Crippen LogP contribution in [0.25, 0.3) is 0 Å². The largest absolute Gasteiger partial charge is 0.419 e. The number of anilines is 1. The molecule has 1 aromatic heterocycles. The van der Waals surface area contributed by atoms with Gasteiger partial charge in [0.15, 0.2) is 6.54 Å². The molecule has 0 radical (unpaired) electrons. The summed E-state index contributed by atoms with van der Waals surface area (Å²) in [5.74, 6) is 1.14. The van der Waals surface area contributed by atoms with Crippen LogP contribution in [0.5, 0.6) is 0 Å². The molecule has 1 saturated heterocycles. The highest BCUT2D eigenvalue weighted by molar-refractivity contribution is 6.32. The summed E-state index contributed by atoms with van der Waals surface area (Å²) in [6, 6.07) is 1.11. The molecule has 0 bridgehead atoms. The van der Waals surface area contributed by atoms with Gasteiger partial charge in [0.1, 0.15) is 37.4 Å². The van der Waals surface area contributed by atoms with Crippen LogP contribution in [0.4, 0.5) is 19.0 Å². The summed E-state index contributed by atoms with van der Waals surface area (Å²) >= 11 is 6.05. The molecule has 158 valence electrons. The molecule has 0 spiro atoms. The Balaban J connectivity index is 1.82. The standard InChI is InChI=1S/C19H28ClF3N4O/c1-13(2)4-5-14(3)25-17(28)12-26-6-8-27(9-7-26)18-16(20)10-15(11-24-18)19(21,22)23/h10-11,13-14H,4-9,12H2,1-3H3,(H,25,28)/p+2/t14-/m1/s1. The van der Waals surface area contributed by atoms with Crippen molar-refractivity contribution in [2.24, 2.45) is 5.92 Å². The highest BCUT2D eigenvalue weighted by Crippen LogP contribution is 2.31. The molecule has 0 unspecified atom stereocenters. The van der Waals surface area contributed by atoms with Gasteiger partial charge in [-0.25, -0.2) is 9.88 Å². The summed E-state index contributed by atoms with van der Waals surface area (Å²) in [6.45, 7) is 9.44. The molecule has 1 aliphatic rings. The van der Waals surface area contributed by atoms with E-state index in [2.05, 4.69) is 24.1 Å². The lowest BCUT2D eigenvalue weighted by molar-refractivity contribution is -0.892. The zero-order valence-electron chi connectivity index (χ0n) is 16.6. The zero-order chi connectivity index (χ0) is 20.9. The van der Waals surface area contributed by atoms with E-state index in [1.54, 1.807) is 0 Å². The van der Waals surface area contributed by atoms with E-state index in [1.165, 1.54) is 0 Å². The second-order valence-electron chi connectivity index (χ2n) is 7.94. The summed E-state index contributed by atoms with van der Waals surface area (Å²) in [4.78, 5) is 18.0. The summed E-state index contributed by atoms with van der Waals surface area (Å²) in [6.07, 6.45) is -1.44. The van der Waals surface area contributed by atoms with Crippen LogP contribution in [0, 0.1) is 5.92 Å². The minimum atomic E-state index is -4.43. The molecule has 3 N–H and O–H groups in total. The fraction of sp³-hybridized carbons (Fsp3) is 0.684. The van der Waals surface area contributed by atoms with Gasteiger partial charge >= 0.3 is 6.18 Å². The van der Waals surface area contributed by atoms with Crippen molar-refractivity contribution in [1.82, 2.24) is 5.32 Å². The molecule has 28 heavy (non-hydrogen) atoms. The van der Waals surface area contributed by atoms with E-state index in [0.717, 1.165) is 43.1 Å². The molecule has 1 fully saturated rings. The molecule has 0 aliphatic carbocycles. The molecular formula is C19H30ClF3N4O+2. The second kappa shape index (κ2) is 9.78. The number of aromatic nitrogens is 1. The van der Waals surface area contributed by atoms with Gasteiger partial charge in [-0.2, -0.15) is 13.2 Å². The number of aromatic amines is 1. The van der Waals surface area contributed by atoms with Gasteiger partial charge in [0, 0.05) is 6.04 Å². The lowest BCUT2D eigenvalue weighted by Gasteiger charge is -2.28. The van der Waals surface area contributed by atoms with Crippen molar-refractivity contribution in [3.05, 3.63) is 22.8 Å². The molecule has 9 heteroatoms. The van der Waals surface area contributed by atoms with Gasteiger partial charge in [-0.3, -0.25) is 4.79 Å². The van der Waals surface area contributed by atoms with Crippen molar-refractivity contribution in [2.45, 2.75) is 45.8 Å². The maximum Gasteiger partial charge on any atom is 0.419 e. The van der Waals surface area contributed by atoms with E-state index in [1.807, 2.05) is 11.8 Å². The monoisotopic (exact) mass is 422 g/mol. The zero-order valence-corrected chi connectivity index (χ0v) is 17.4. The third-order valence-electron chi connectivity index (χ3n) is 4.98.